The molecule has 0 N–H and O–H groups in total. The summed E-state index contributed by atoms with van der Waals surface area (Å²) in [5.41, 5.74) is 0. The molecule has 0 radical (unpaired) electrons. The molecule has 0 aliphatic heterocycles. The van der Waals surface area contributed by atoms with Crippen LogP contribution in [0.25, 0.3) is 0 Å². The van der Waals surface area contributed by atoms with E-state index in [-0.39, 0.29) is 11.0 Å². The Bertz CT molecular complexity index is 724. The Balaban J connectivity index is 2.14. The van der Waals surface area contributed by atoms with Crippen LogP contribution in [0, 0.1) is 0 Å². The van der Waals surface area contributed by atoms with E-state index in [0.717, 1.165) is 6.42 Å². The first-order valence-electron chi connectivity index (χ1n) is 10.5. The Kier molecular flexibility index (Phi) is 8.87. The Morgan fingerprint density at radius 3 is 1.90 bits per heavy atom. The molecule has 2 rings (SSSR count). The second-order valence-corrected chi connectivity index (χ2v) is 12.4. The summed E-state index contributed by atoms with van der Waals surface area (Å²) in [5, 5.41) is 2.58. The number of benzene rings is 2. The van der Waals surface area contributed by atoms with Crippen molar-refractivity contribution in [3.63, 3.8) is 0 Å². The van der Waals surface area contributed by atoms with Gasteiger partial charge < -0.3 is 9.16 Å². The number of esters is 1. The van der Waals surface area contributed by atoms with E-state index in [0.29, 0.717) is 26.1 Å². The molecule has 0 bridgehead atoms. The van der Waals surface area contributed by atoms with E-state index in [4.69, 9.17) is 9.16 Å². The van der Waals surface area contributed by atoms with Crippen LogP contribution in [-0.4, -0.2) is 27.5 Å². The first-order chi connectivity index (χ1) is 13.9. The van der Waals surface area contributed by atoms with Crippen LogP contribution in [0.2, 0.25) is 5.04 Å². The molecule has 0 unspecified atom stereocenters. The number of hydrogen-bond acceptors (Lipinski definition) is 3. The maximum absolute atomic E-state index is 11.4. The molecule has 0 atom stereocenters. The fourth-order valence-electron chi connectivity index (χ4n) is 3.71. The lowest BCUT2D eigenvalue weighted by atomic mass is 10.2. The first kappa shape index (κ1) is 23.1. The molecule has 2 aromatic rings. The second-order valence-electron chi connectivity index (χ2n) is 8.12. The van der Waals surface area contributed by atoms with Crippen molar-refractivity contribution in [2.24, 2.45) is 0 Å². The highest BCUT2D eigenvalue weighted by Gasteiger charge is 2.49. The topological polar surface area (TPSA) is 35.5 Å². The van der Waals surface area contributed by atoms with Crippen LogP contribution >= 0.6 is 0 Å². The molecular formula is C25H34O3Si. The number of carbonyl (C=O) groups excluding carboxylic acids is 1. The van der Waals surface area contributed by atoms with Gasteiger partial charge in [0.25, 0.3) is 8.32 Å². The zero-order chi connectivity index (χ0) is 21.2. The van der Waals surface area contributed by atoms with E-state index >= 15 is 0 Å². The van der Waals surface area contributed by atoms with Crippen molar-refractivity contribution >= 4 is 24.7 Å². The van der Waals surface area contributed by atoms with Gasteiger partial charge in [-0.2, -0.15) is 0 Å². The monoisotopic (exact) mass is 410 g/mol. The molecule has 0 saturated heterocycles. The van der Waals surface area contributed by atoms with Gasteiger partial charge in [0.05, 0.1) is 6.61 Å². The van der Waals surface area contributed by atoms with E-state index in [1.807, 2.05) is 13.0 Å². The molecule has 4 heteroatoms. The van der Waals surface area contributed by atoms with E-state index in [9.17, 15) is 4.79 Å². The predicted molar refractivity (Wildman–Crippen MR) is 123 cm³/mol. The summed E-state index contributed by atoms with van der Waals surface area (Å²) in [4.78, 5) is 11.4. The fraction of sp³-hybridized carbons (Fsp3) is 0.400. The minimum Gasteiger partial charge on any atom is -0.466 e. The largest absolute Gasteiger partial charge is 0.466 e. The summed E-state index contributed by atoms with van der Waals surface area (Å²) in [5.74, 6) is -0.138. The van der Waals surface area contributed by atoms with Gasteiger partial charge in [-0.15, -0.1) is 0 Å². The number of hydrogen-bond donors (Lipinski definition) is 0. The third-order valence-corrected chi connectivity index (χ3v) is 10.0. The average molecular weight is 411 g/mol. The van der Waals surface area contributed by atoms with Crippen molar-refractivity contribution < 1.29 is 14.0 Å². The van der Waals surface area contributed by atoms with Crippen molar-refractivity contribution in [2.45, 2.75) is 52.0 Å². The van der Waals surface area contributed by atoms with Crippen LogP contribution < -0.4 is 10.4 Å². The van der Waals surface area contributed by atoms with Gasteiger partial charge in [0.2, 0.25) is 0 Å². The number of ether oxygens (including phenoxy) is 1. The number of allylic oxidation sites excluding steroid dienone is 1. The maximum Gasteiger partial charge on any atom is 0.306 e. The van der Waals surface area contributed by atoms with Crippen molar-refractivity contribution in [3.05, 3.63) is 72.8 Å². The standard InChI is InChI=1S/C25H34O3Si/c1-5-27-24(26)20-14-6-7-15-21-28-29(25(2,3)4,22-16-10-8-11-17-22)23-18-12-9-13-19-23/h6-13,16-19H,5,14-15,20-21H2,1-4H3/b7-6+. The third-order valence-electron chi connectivity index (χ3n) is 5.01. The summed E-state index contributed by atoms with van der Waals surface area (Å²) in [7, 11) is -2.45. The van der Waals surface area contributed by atoms with Gasteiger partial charge >= 0.3 is 5.97 Å². The van der Waals surface area contributed by atoms with Crippen LogP contribution in [0.4, 0.5) is 0 Å². The van der Waals surface area contributed by atoms with E-state index < -0.39 is 8.32 Å². The molecule has 0 aliphatic rings. The molecule has 0 fully saturated rings. The normalized spacial score (nSPS) is 12.3. The van der Waals surface area contributed by atoms with E-state index in [1.54, 1.807) is 0 Å². The lowest BCUT2D eigenvalue weighted by Gasteiger charge is -2.43. The Morgan fingerprint density at radius 1 is 0.897 bits per heavy atom. The van der Waals surface area contributed by atoms with Gasteiger partial charge in [-0.3, -0.25) is 4.79 Å². The van der Waals surface area contributed by atoms with Gasteiger partial charge in [-0.1, -0.05) is 93.6 Å². The van der Waals surface area contributed by atoms with Crippen LogP contribution in [0.1, 0.15) is 47.0 Å². The van der Waals surface area contributed by atoms with Gasteiger partial charge in [0, 0.05) is 13.0 Å². The predicted octanol–water partition coefficient (Wildman–Crippen LogP) is 4.85. The van der Waals surface area contributed by atoms with E-state index in [1.165, 1.54) is 10.4 Å². The SMILES string of the molecule is CCOC(=O)CC/C=C/CCO[Si](c1ccccc1)(c1ccccc1)C(C)(C)C. The van der Waals surface area contributed by atoms with Crippen molar-refractivity contribution in [3.8, 4) is 0 Å². The zero-order valence-electron chi connectivity index (χ0n) is 18.2. The average Bonchev–Trinajstić information content (AvgIpc) is 2.71. The highest BCUT2D eigenvalue weighted by Crippen LogP contribution is 2.36. The molecule has 29 heavy (non-hydrogen) atoms. The molecule has 0 spiro atoms. The number of carbonyl (C=O) groups is 1. The third kappa shape index (κ3) is 6.15. The maximum atomic E-state index is 11.4. The summed E-state index contributed by atoms with van der Waals surface area (Å²) in [6.45, 7) is 9.78. The smallest absolute Gasteiger partial charge is 0.306 e. The summed E-state index contributed by atoms with van der Waals surface area (Å²) in [6.07, 6.45) is 6.12. The minimum absolute atomic E-state index is 0.0106. The van der Waals surface area contributed by atoms with Crippen LogP contribution in [-0.2, 0) is 14.0 Å². The fourth-order valence-corrected chi connectivity index (χ4v) is 8.29. The first-order valence-corrected chi connectivity index (χ1v) is 12.4. The molecule has 0 aliphatic carbocycles. The van der Waals surface area contributed by atoms with Gasteiger partial charge in [0.1, 0.15) is 0 Å². The summed E-state index contributed by atoms with van der Waals surface area (Å²) in [6, 6.07) is 21.4. The van der Waals surface area contributed by atoms with Crippen molar-refractivity contribution in [2.75, 3.05) is 13.2 Å². The summed E-state index contributed by atoms with van der Waals surface area (Å²) >= 11 is 0. The molecule has 0 amide bonds. The van der Waals surface area contributed by atoms with Crippen LogP contribution in [0.3, 0.4) is 0 Å². The Labute approximate surface area is 176 Å². The minimum atomic E-state index is -2.45. The van der Waals surface area contributed by atoms with Gasteiger partial charge in [-0.25, -0.2) is 0 Å². The van der Waals surface area contributed by atoms with Crippen molar-refractivity contribution in [1.29, 1.82) is 0 Å². The number of rotatable bonds is 10. The molecule has 156 valence electrons. The van der Waals surface area contributed by atoms with Crippen LogP contribution in [0.5, 0.6) is 0 Å². The quantitative estimate of drug-likeness (QED) is 0.243. The molecule has 0 heterocycles. The summed E-state index contributed by atoms with van der Waals surface area (Å²) < 4.78 is 11.8. The Hall–Kier alpha value is -2.17. The molecule has 0 saturated carbocycles. The van der Waals surface area contributed by atoms with E-state index in [2.05, 4.69) is 87.5 Å². The molecular weight excluding hydrogens is 376 g/mol. The molecule has 0 aromatic heterocycles. The Morgan fingerprint density at radius 2 is 1.41 bits per heavy atom. The highest BCUT2D eigenvalue weighted by molar-refractivity contribution is 6.99. The lowest BCUT2D eigenvalue weighted by molar-refractivity contribution is -0.143. The highest BCUT2D eigenvalue weighted by atomic mass is 28.4. The lowest BCUT2D eigenvalue weighted by Crippen LogP contribution is -2.66. The molecule has 3 nitrogen and oxygen atoms in total. The van der Waals surface area contributed by atoms with Crippen molar-refractivity contribution in [1.82, 2.24) is 0 Å². The second kappa shape index (κ2) is 11.1. The molecule has 2 aromatic carbocycles. The van der Waals surface area contributed by atoms with Crippen LogP contribution in [0.15, 0.2) is 72.8 Å². The van der Waals surface area contributed by atoms with Gasteiger partial charge in [0.15, 0.2) is 0 Å². The zero-order valence-corrected chi connectivity index (χ0v) is 19.2. The van der Waals surface area contributed by atoms with Gasteiger partial charge in [-0.05, 0) is 35.2 Å².